The fraction of sp³-hybridized carbons (Fsp3) is 0.235. The van der Waals surface area contributed by atoms with E-state index in [1.54, 1.807) is 24.1 Å². The summed E-state index contributed by atoms with van der Waals surface area (Å²) in [5, 5.41) is 11.5. The highest BCUT2D eigenvalue weighted by Crippen LogP contribution is 2.17. The van der Waals surface area contributed by atoms with Gasteiger partial charge >= 0.3 is 0 Å². The van der Waals surface area contributed by atoms with Gasteiger partial charge in [0.25, 0.3) is 5.91 Å². The zero-order valence-electron chi connectivity index (χ0n) is 13.4. The number of amides is 1. The normalized spacial score (nSPS) is 10.7. The van der Waals surface area contributed by atoms with Crippen LogP contribution in [0.1, 0.15) is 27.3 Å². The van der Waals surface area contributed by atoms with Crippen molar-refractivity contribution in [3.05, 3.63) is 65.2 Å². The molecule has 1 N–H and O–H groups in total. The molecule has 0 aliphatic carbocycles. The van der Waals surface area contributed by atoms with Gasteiger partial charge in [-0.15, -0.1) is 0 Å². The van der Waals surface area contributed by atoms with Gasteiger partial charge in [0, 0.05) is 31.0 Å². The molecule has 6 nitrogen and oxygen atoms in total. The van der Waals surface area contributed by atoms with Crippen LogP contribution in [0.25, 0.3) is 5.69 Å². The van der Waals surface area contributed by atoms with Crippen LogP contribution in [-0.4, -0.2) is 25.5 Å². The molecular weight excluding hydrogens is 290 g/mol. The lowest BCUT2D eigenvalue weighted by molar-refractivity contribution is 0.0951. The predicted octanol–water partition coefficient (Wildman–Crippen LogP) is 2.15. The van der Waals surface area contributed by atoms with Gasteiger partial charge in [-0.1, -0.05) is 18.2 Å². The van der Waals surface area contributed by atoms with E-state index in [0.29, 0.717) is 12.1 Å². The molecule has 0 saturated carbocycles. The summed E-state index contributed by atoms with van der Waals surface area (Å²) in [5.41, 5.74) is 4.54. The average molecular weight is 309 g/mol. The number of aromatic nitrogens is 4. The Labute approximate surface area is 134 Å². The van der Waals surface area contributed by atoms with Gasteiger partial charge in [0.05, 0.1) is 23.1 Å². The summed E-state index contributed by atoms with van der Waals surface area (Å²) in [6.07, 6.45) is 3.25. The summed E-state index contributed by atoms with van der Waals surface area (Å²) in [6.45, 7) is 4.41. The molecule has 3 rings (SSSR count). The van der Waals surface area contributed by atoms with Crippen molar-refractivity contribution < 1.29 is 4.79 Å². The quantitative estimate of drug-likeness (QED) is 0.803. The molecule has 2 heterocycles. The van der Waals surface area contributed by atoms with Crippen molar-refractivity contribution in [3.63, 3.8) is 0 Å². The minimum Gasteiger partial charge on any atom is -0.348 e. The van der Waals surface area contributed by atoms with Gasteiger partial charge in [0.1, 0.15) is 0 Å². The SMILES string of the molecule is Cc1nn(-c2ccccc2)c(C)c1CNC(=O)c1cnn(C)c1. The lowest BCUT2D eigenvalue weighted by Crippen LogP contribution is -2.23. The average Bonchev–Trinajstić information content (AvgIpc) is 3.10. The fourth-order valence-electron chi connectivity index (χ4n) is 2.56. The summed E-state index contributed by atoms with van der Waals surface area (Å²) in [5.74, 6) is -0.135. The van der Waals surface area contributed by atoms with E-state index >= 15 is 0 Å². The number of nitrogens with one attached hydrogen (secondary N) is 1. The number of carbonyl (C=O) groups is 1. The zero-order chi connectivity index (χ0) is 16.4. The number of para-hydroxylation sites is 1. The first-order valence-electron chi connectivity index (χ1n) is 7.43. The molecule has 0 fully saturated rings. The molecule has 1 amide bonds. The number of carbonyl (C=O) groups excluding carboxylic acids is 1. The second-order valence-electron chi connectivity index (χ2n) is 5.48. The maximum Gasteiger partial charge on any atom is 0.254 e. The summed E-state index contributed by atoms with van der Waals surface area (Å²) < 4.78 is 3.51. The molecule has 0 bridgehead atoms. The van der Waals surface area contributed by atoms with E-state index in [1.807, 2.05) is 48.9 Å². The van der Waals surface area contributed by atoms with Crippen LogP contribution in [0.2, 0.25) is 0 Å². The van der Waals surface area contributed by atoms with Gasteiger partial charge in [0.15, 0.2) is 0 Å². The standard InChI is InChI=1S/C17H19N5O/c1-12-16(10-18-17(23)14-9-19-21(3)11-14)13(2)22(20-12)15-7-5-4-6-8-15/h4-9,11H,10H2,1-3H3,(H,18,23). The molecule has 0 unspecified atom stereocenters. The third-order valence-electron chi connectivity index (χ3n) is 3.83. The molecule has 118 valence electrons. The van der Waals surface area contributed by atoms with E-state index in [0.717, 1.165) is 22.6 Å². The summed E-state index contributed by atoms with van der Waals surface area (Å²) >= 11 is 0. The Hall–Kier alpha value is -2.89. The summed E-state index contributed by atoms with van der Waals surface area (Å²) in [6, 6.07) is 9.96. The molecule has 1 aromatic carbocycles. The second kappa shape index (κ2) is 6.08. The number of benzene rings is 1. The van der Waals surface area contributed by atoms with Crippen LogP contribution < -0.4 is 5.32 Å². The topological polar surface area (TPSA) is 64.7 Å². The maximum atomic E-state index is 12.1. The van der Waals surface area contributed by atoms with E-state index in [2.05, 4.69) is 15.5 Å². The summed E-state index contributed by atoms with van der Waals surface area (Å²) in [7, 11) is 1.79. The lowest BCUT2D eigenvalue weighted by atomic mass is 10.2. The zero-order valence-corrected chi connectivity index (χ0v) is 13.4. The molecule has 0 aliphatic heterocycles. The Morgan fingerprint density at radius 3 is 2.61 bits per heavy atom. The lowest BCUT2D eigenvalue weighted by Gasteiger charge is -2.06. The Morgan fingerprint density at radius 2 is 1.96 bits per heavy atom. The first-order valence-corrected chi connectivity index (χ1v) is 7.43. The highest BCUT2D eigenvalue weighted by atomic mass is 16.1. The van der Waals surface area contributed by atoms with Gasteiger partial charge < -0.3 is 5.32 Å². The predicted molar refractivity (Wildman–Crippen MR) is 87.4 cm³/mol. The monoisotopic (exact) mass is 309 g/mol. The Balaban J connectivity index is 1.79. The molecule has 23 heavy (non-hydrogen) atoms. The van der Waals surface area contributed by atoms with Crippen LogP contribution in [0.5, 0.6) is 0 Å². The number of nitrogens with zero attached hydrogens (tertiary/aromatic N) is 4. The smallest absolute Gasteiger partial charge is 0.254 e. The van der Waals surface area contributed by atoms with E-state index in [-0.39, 0.29) is 5.91 Å². The van der Waals surface area contributed by atoms with Crippen molar-refractivity contribution in [1.29, 1.82) is 0 Å². The third kappa shape index (κ3) is 3.01. The van der Waals surface area contributed by atoms with Crippen LogP contribution in [0.15, 0.2) is 42.7 Å². The molecule has 0 spiro atoms. The Bertz CT molecular complexity index is 832. The number of aryl methyl sites for hydroxylation is 2. The van der Waals surface area contributed by atoms with Gasteiger partial charge in [0.2, 0.25) is 0 Å². The summed E-state index contributed by atoms with van der Waals surface area (Å²) in [4.78, 5) is 12.1. The van der Waals surface area contributed by atoms with Gasteiger partial charge in [-0.25, -0.2) is 4.68 Å². The van der Waals surface area contributed by atoms with Crippen molar-refractivity contribution in [2.75, 3.05) is 0 Å². The molecule has 0 aliphatic rings. The fourth-order valence-corrected chi connectivity index (χ4v) is 2.56. The molecule has 0 saturated heterocycles. The molecule has 3 aromatic rings. The Morgan fingerprint density at radius 1 is 1.22 bits per heavy atom. The second-order valence-corrected chi connectivity index (χ2v) is 5.48. The molecule has 2 aromatic heterocycles. The molecule has 0 atom stereocenters. The van der Waals surface area contributed by atoms with Crippen LogP contribution in [0.4, 0.5) is 0 Å². The maximum absolute atomic E-state index is 12.1. The molecule has 0 radical (unpaired) electrons. The first kappa shape index (κ1) is 15.0. The minimum absolute atomic E-state index is 0.135. The molecular formula is C17H19N5O. The van der Waals surface area contributed by atoms with Crippen molar-refractivity contribution in [3.8, 4) is 5.69 Å². The minimum atomic E-state index is -0.135. The van der Waals surface area contributed by atoms with Gasteiger partial charge in [-0.3, -0.25) is 9.48 Å². The highest BCUT2D eigenvalue weighted by Gasteiger charge is 2.14. The van der Waals surface area contributed by atoms with Crippen LogP contribution >= 0.6 is 0 Å². The van der Waals surface area contributed by atoms with E-state index < -0.39 is 0 Å². The highest BCUT2D eigenvalue weighted by molar-refractivity contribution is 5.93. The van der Waals surface area contributed by atoms with Crippen molar-refractivity contribution in [2.24, 2.45) is 7.05 Å². The van der Waals surface area contributed by atoms with Gasteiger partial charge in [-0.2, -0.15) is 10.2 Å². The van der Waals surface area contributed by atoms with Gasteiger partial charge in [-0.05, 0) is 26.0 Å². The number of hydrogen-bond donors (Lipinski definition) is 1. The van der Waals surface area contributed by atoms with Crippen molar-refractivity contribution in [2.45, 2.75) is 20.4 Å². The largest absolute Gasteiger partial charge is 0.348 e. The Kier molecular flexibility index (Phi) is 3.97. The van der Waals surface area contributed by atoms with Crippen molar-refractivity contribution >= 4 is 5.91 Å². The van der Waals surface area contributed by atoms with Crippen LogP contribution in [0, 0.1) is 13.8 Å². The van der Waals surface area contributed by atoms with Crippen LogP contribution in [-0.2, 0) is 13.6 Å². The third-order valence-corrected chi connectivity index (χ3v) is 3.83. The van der Waals surface area contributed by atoms with E-state index in [9.17, 15) is 4.79 Å². The van der Waals surface area contributed by atoms with Crippen molar-refractivity contribution in [1.82, 2.24) is 24.9 Å². The van der Waals surface area contributed by atoms with Crippen LogP contribution in [0.3, 0.4) is 0 Å². The first-order chi connectivity index (χ1) is 11.1. The number of rotatable bonds is 4. The van der Waals surface area contributed by atoms with E-state index in [1.165, 1.54) is 0 Å². The molecule has 6 heteroatoms. The number of hydrogen-bond acceptors (Lipinski definition) is 3. The van der Waals surface area contributed by atoms with E-state index in [4.69, 9.17) is 0 Å².